The standard InChI is InChI=1S/C57H94O5/c1-4-7-10-13-16-19-22-25-28-31-34-37-40-43-46-49-52-60-53-55(62-57(59)51-48-45-42-39-36-33-30-27-24-21-18-15-12-9-6-3)54-61-56(58)50-47-44-41-38-35-32-29-26-23-20-17-14-11-8-5-2/h8-9,11-12,17-18,20-21,26-27,29-30,35-36,38-39,44,47,55H,4-7,10,13-16,19,22-25,28,31-34,37,40-43,45-46,48-54H2,1-3H3/b11-8-,12-9-,20-17-,21-18-,29-26-,30-27-,38-35-,39-36-,47-44-. The molecule has 0 aliphatic carbocycles. The maximum absolute atomic E-state index is 12.8. The second-order valence-corrected chi connectivity index (χ2v) is 16.3. The number of unbranched alkanes of at least 4 members (excludes halogenated alkanes) is 17. The lowest BCUT2D eigenvalue weighted by atomic mass is 10.0. The quantitative estimate of drug-likeness (QED) is 0.0347. The molecule has 0 saturated carbocycles. The molecule has 0 saturated heterocycles. The van der Waals surface area contributed by atoms with E-state index in [1.54, 1.807) is 0 Å². The molecule has 0 aromatic carbocycles. The van der Waals surface area contributed by atoms with Crippen molar-refractivity contribution in [3.05, 3.63) is 109 Å². The number of rotatable bonds is 45. The van der Waals surface area contributed by atoms with Gasteiger partial charge in [0.15, 0.2) is 6.10 Å². The number of allylic oxidation sites excluding steroid dienone is 17. The maximum Gasteiger partial charge on any atom is 0.309 e. The highest BCUT2D eigenvalue weighted by Gasteiger charge is 2.17. The van der Waals surface area contributed by atoms with E-state index in [1.807, 2.05) is 12.2 Å². The van der Waals surface area contributed by atoms with Crippen molar-refractivity contribution in [2.24, 2.45) is 0 Å². The molecule has 0 fully saturated rings. The summed E-state index contributed by atoms with van der Waals surface area (Å²) in [5.74, 6) is -0.594. The predicted molar refractivity (Wildman–Crippen MR) is 269 cm³/mol. The summed E-state index contributed by atoms with van der Waals surface area (Å²) in [6.07, 6.45) is 71.3. The van der Waals surface area contributed by atoms with Crippen LogP contribution >= 0.6 is 0 Å². The highest BCUT2D eigenvalue weighted by atomic mass is 16.6. The highest BCUT2D eigenvalue weighted by Crippen LogP contribution is 2.14. The summed E-state index contributed by atoms with van der Waals surface area (Å²) in [5.41, 5.74) is 0. The molecular formula is C57H94O5. The molecule has 5 heteroatoms. The first-order valence-corrected chi connectivity index (χ1v) is 25.4. The van der Waals surface area contributed by atoms with Crippen molar-refractivity contribution < 1.29 is 23.8 Å². The summed E-state index contributed by atoms with van der Waals surface area (Å²) in [4.78, 5) is 25.3. The molecule has 352 valence electrons. The minimum atomic E-state index is -0.602. The molecule has 1 atom stereocenters. The van der Waals surface area contributed by atoms with E-state index in [1.165, 1.54) is 89.9 Å². The van der Waals surface area contributed by atoms with Crippen molar-refractivity contribution in [3.8, 4) is 0 Å². The Hall–Kier alpha value is -3.44. The van der Waals surface area contributed by atoms with Gasteiger partial charge in [0.05, 0.1) is 13.0 Å². The van der Waals surface area contributed by atoms with E-state index in [-0.39, 0.29) is 31.6 Å². The third-order valence-corrected chi connectivity index (χ3v) is 10.3. The largest absolute Gasteiger partial charge is 0.461 e. The van der Waals surface area contributed by atoms with Crippen LogP contribution in [0.3, 0.4) is 0 Å². The lowest BCUT2D eigenvalue weighted by molar-refractivity contribution is -0.162. The second kappa shape index (κ2) is 51.9. The van der Waals surface area contributed by atoms with Gasteiger partial charge in [0, 0.05) is 13.0 Å². The Morgan fingerprint density at radius 3 is 1.21 bits per heavy atom. The molecule has 0 aromatic rings. The van der Waals surface area contributed by atoms with Crippen molar-refractivity contribution in [3.63, 3.8) is 0 Å². The highest BCUT2D eigenvalue weighted by molar-refractivity contribution is 5.71. The van der Waals surface area contributed by atoms with Crippen molar-refractivity contribution >= 4 is 11.9 Å². The predicted octanol–water partition coefficient (Wildman–Crippen LogP) is 17.2. The zero-order valence-electron chi connectivity index (χ0n) is 40.3. The molecule has 0 bridgehead atoms. The first-order valence-electron chi connectivity index (χ1n) is 25.4. The Bertz CT molecular complexity index is 1250. The molecule has 0 amide bonds. The van der Waals surface area contributed by atoms with E-state index >= 15 is 0 Å². The third-order valence-electron chi connectivity index (χ3n) is 10.3. The van der Waals surface area contributed by atoms with E-state index in [2.05, 4.69) is 118 Å². The average molecular weight is 859 g/mol. The molecule has 0 aliphatic rings. The molecule has 0 radical (unpaired) electrons. The number of carbonyl (C=O) groups excluding carboxylic acids is 2. The Morgan fingerprint density at radius 1 is 0.387 bits per heavy atom. The topological polar surface area (TPSA) is 61.8 Å². The Labute approximate surface area is 383 Å². The van der Waals surface area contributed by atoms with E-state index in [9.17, 15) is 9.59 Å². The zero-order valence-corrected chi connectivity index (χ0v) is 40.3. The molecule has 5 nitrogen and oxygen atoms in total. The Balaban J connectivity index is 4.46. The summed E-state index contributed by atoms with van der Waals surface area (Å²) in [5, 5.41) is 0. The number of hydrogen-bond acceptors (Lipinski definition) is 5. The van der Waals surface area contributed by atoms with Gasteiger partial charge in [-0.15, -0.1) is 0 Å². The summed E-state index contributed by atoms with van der Waals surface area (Å²) in [6, 6.07) is 0. The van der Waals surface area contributed by atoms with Gasteiger partial charge in [0.1, 0.15) is 6.61 Å². The molecule has 0 aromatic heterocycles. The van der Waals surface area contributed by atoms with E-state index < -0.39 is 6.10 Å². The Morgan fingerprint density at radius 2 is 0.774 bits per heavy atom. The maximum atomic E-state index is 12.8. The number of ether oxygens (including phenoxy) is 3. The first kappa shape index (κ1) is 58.6. The van der Waals surface area contributed by atoms with Gasteiger partial charge in [0.25, 0.3) is 0 Å². The zero-order chi connectivity index (χ0) is 44.9. The van der Waals surface area contributed by atoms with E-state index in [0.717, 1.165) is 89.9 Å². The fourth-order valence-electron chi connectivity index (χ4n) is 6.63. The van der Waals surface area contributed by atoms with Crippen LogP contribution in [0.2, 0.25) is 0 Å². The van der Waals surface area contributed by atoms with Gasteiger partial charge in [-0.05, 0) is 83.5 Å². The molecule has 1 unspecified atom stereocenters. The molecular weight excluding hydrogens is 765 g/mol. The van der Waals surface area contributed by atoms with Gasteiger partial charge in [-0.1, -0.05) is 226 Å². The van der Waals surface area contributed by atoms with Crippen LogP contribution in [0.4, 0.5) is 0 Å². The Kier molecular flexibility index (Phi) is 49.0. The van der Waals surface area contributed by atoms with Crippen LogP contribution in [-0.2, 0) is 23.8 Å². The van der Waals surface area contributed by atoms with Gasteiger partial charge in [-0.25, -0.2) is 0 Å². The van der Waals surface area contributed by atoms with Crippen LogP contribution in [0.15, 0.2) is 109 Å². The summed E-state index contributed by atoms with van der Waals surface area (Å²) in [7, 11) is 0. The summed E-state index contributed by atoms with van der Waals surface area (Å²) in [6.45, 7) is 7.45. The van der Waals surface area contributed by atoms with Crippen LogP contribution in [-0.4, -0.2) is 37.9 Å². The average Bonchev–Trinajstić information content (AvgIpc) is 3.27. The fourth-order valence-corrected chi connectivity index (χ4v) is 6.63. The molecule has 0 rings (SSSR count). The molecule has 0 N–H and O–H groups in total. The van der Waals surface area contributed by atoms with Crippen molar-refractivity contribution in [2.75, 3.05) is 19.8 Å². The number of esters is 2. The molecule has 62 heavy (non-hydrogen) atoms. The van der Waals surface area contributed by atoms with Crippen LogP contribution in [0.5, 0.6) is 0 Å². The third kappa shape index (κ3) is 49.2. The van der Waals surface area contributed by atoms with Gasteiger partial charge in [-0.3, -0.25) is 9.59 Å². The van der Waals surface area contributed by atoms with Crippen LogP contribution in [0.1, 0.15) is 213 Å². The normalized spacial score (nSPS) is 13.1. The van der Waals surface area contributed by atoms with Crippen LogP contribution in [0, 0.1) is 0 Å². The lowest BCUT2D eigenvalue weighted by Crippen LogP contribution is -2.30. The fraction of sp³-hybridized carbons (Fsp3) is 0.649. The van der Waals surface area contributed by atoms with Gasteiger partial charge >= 0.3 is 11.9 Å². The van der Waals surface area contributed by atoms with Crippen molar-refractivity contribution in [2.45, 2.75) is 219 Å². The summed E-state index contributed by atoms with van der Waals surface area (Å²) >= 11 is 0. The number of hydrogen-bond donors (Lipinski definition) is 0. The first-order chi connectivity index (χ1) is 30.6. The summed E-state index contributed by atoms with van der Waals surface area (Å²) < 4.78 is 17.3. The van der Waals surface area contributed by atoms with Gasteiger partial charge in [-0.2, -0.15) is 0 Å². The number of carbonyl (C=O) groups is 2. The smallest absolute Gasteiger partial charge is 0.309 e. The molecule has 0 heterocycles. The van der Waals surface area contributed by atoms with Crippen LogP contribution < -0.4 is 0 Å². The molecule has 0 spiro atoms. The minimum Gasteiger partial charge on any atom is -0.461 e. The van der Waals surface area contributed by atoms with E-state index in [4.69, 9.17) is 14.2 Å². The van der Waals surface area contributed by atoms with Crippen LogP contribution in [0.25, 0.3) is 0 Å². The molecule has 0 aliphatic heterocycles. The second-order valence-electron chi connectivity index (χ2n) is 16.3. The van der Waals surface area contributed by atoms with Gasteiger partial charge in [0.2, 0.25) is 0 Å². The lowest BCUT2D eigenvalue weighted by Gasteiger charge is -2.18. The minimum absolute atomic E-state index is 0.0101. The van der Waals surface area contributed by atoms with Crippen molar-refractivity contribution in [1.82, 2.24) is 0 Å². The van der Waals surface area contributed by atoms with E-state index in [0.29, 0.717) is 13.0 Å². The SMILES string of the molecule is CC/C=C\C/C=C\C/C=C\C/C=C\C/C=C\CC(=O)OCC(COCCCCCCCCCCCCCCCCCC)OC(=O)CCCC/C=C\C/C=C\C/C=C\C/C=C\CC. The monoisotopic (exact) mass is 859 g/mol. The van der Waals surface area contributed by atoms with Gasteiger partial charge < -0.3 is 14.2 Å². The van der Waals surface area contributed by atoms with Crippen molar-refractivity contribution in [1.29, 1.82) is 0 Å².